The van der Waals surface area contributed by atoms with Crippen LogP contribution in [-0.4, -0.2) is 47.9 Å². The highest BCUT2D eigenvalue weighted by atomic mass is 79.9. The molecule has 1 aromatic carbocycles. The maximum Gasteiger partial charge on any atom is 0.253 e. The Labute approximate surface area is 163 Å². The molecule has 0 aliphatic carbocycles. The SMILES string of the molecule is CSCC[C@H](NC(=O)c1ccccc1Br)C(=O)N1CCCCCCC1. The van der Waals surface area contributed by atoms with E-state index < -0.39 is 6.04 Å². The number of hydrogen-bond donors (Lipinski definition) is 1. The number of rotatable bonds is 6. The molecular weight excluding hydrogens is 400 g/mol. The summed E-state index contributed by atoms with van der Waals surface area (Å²) in [5, 5.41) is 2.97. The summed E-state index contributed by atoms with van der Waals surface area (Å²) in [6.07, 6.45) is 8.42. The van der Waals surface area contributed by atoms with Crippen molar-refractivity contribution in [2.24, 2.45) is 0 Å². The average Bonchev–Trinajstić information content (AvgIpc) is 2.58. The number of thioether (sulfide) groups is 1. The number of nitrogens with zero attached hydrogens (tertiary/aromatic N) is 1. The van der Waals surface area contributed by atoms with Gasteiger partial charge in [0.05, 0.1) is 5.56 Å². The van der Waals surface area contributed by atoms with E-state index in [1.807, 2.05) is 29.4 Å². The van der Waals surface area contributed by atoms with E-state index in [1.165, 1.54) is 19.3 Å². The molecule has 6 heteroatoms. The highest BCUT2D eigenvalue weighted by Crippen LogP contribution is 2.17. The number of halogens is 1. The smallest absolute Gasteiger partial charge is 0.253 e. The molecule has 0 spiro atoms. The van der Waals surface area contributed by atoms with Crippen molar-refractivity contribution in [2.75, 3.05) is 25.1 Å². The molecule has 1 aromatic rings. The van der Waals surface area contributed by atoms with Gasteiger partial charge >= 0.3 is 0 Å². The van der Waals surface area contributed by atoms with E-state index in [2.05, 4.69) is 21.2 Å². The Balaban J connectivity index is 2.07. The lowest BCUT2D eigenvalue weighted by Gasteiger charge is -2.29. The highest BCUT2D eigenvalue weighted by Gasteiger charge is 2.26. The number of likely N-dealkylation sites (tertiary alicyclic amines) is 1. The summed E-state index contributed by atoms with van der Waals surface area (Å²) in [5.41, 5.74) is 0.567. The second-order valence-corrected chi connectivity index (χ2v) is 8.22. The molecule has 0 bridgehead atoms. The number of amides is 2. The maximum absolute atomic E-state index is 13.0. The van der Waals surface area contributed by atoms with Crippen LogP contribution in [0.15, 0.2) is 28.7 Å². The van der Waals surface area contributed by atoms with Crippen LogP contribution in [-0.2, 0) is 4.79 Å². The van der Waals surface area contributed by atoms with Crippen molar-refractivity contribution in [1.82, 2.24) is 10.2 Å². The van der Waals surface area contributed by atoms with Gasteiger partial charge in [0, 0.05) is 17.6 Å². The van der Waals surface area contributed by atoms with Gasteiger partial charge in [-0.3, -0.25) is 9.59 Å². The zero-order chi connectivity index (χ0) is 18.1. The quantitative estimate of drug-likeness (QED) is 0.744. The summed E-state index contributed by atoms with van der Waals surface area (Å²) < 4.78 is 0.745. The monoisotopic (exact) mass is 426 g/mol. The van der Waals surface area contributed by atoms with Gasteiger partial charge in [-0.2, -0.15) is 11.8 Å². The molecule has 1 atom stereocenters. The number of benzene rings is 1. The lowest BCUT2D eigenvalue weighted by atomic mass is 10.1. The Morgan fingerprint density at radius 3 is 2.44 bits per heavy atom. The zero-order valence-electron chi connectivity index (χ0n) is 14.8. The summed E-state index contributed by atoms with van der Waals surface area (Å²) in [6.45, 7) is 1.61. The molecule has 2 amide bonds. The Hall–Kier alpha value is -1.01. The first kappa shape index (κ1) is 20.3. The third kappa shape index (κ3) is 6.33. The molecule has 1 aliphatic rings. The molecule has 1 heterocycles. The molecule has 138 valence electrons. The van der Waals surface area contributed by atoms with Gasteiger partial charge in [0.25, 0.3) is 5.91 Å². The van der Waals surface area contributed by atoms with Gasteiger partial charge in [0.2, 0.25) is 5.91 Å². The normalized spacial score (nSPS) is 16.6. The van der Waals surface area contributed by atoms with Gasteiger partial charge < -0.3 is 10.2 Å². The summed E-state index contributed by atoms with van der Waals surface area (Å²) >= 11 is 5.11. The van der Waals surface area contributed by atoms with Crippen LogP contribution in [0.2, 0.25) is 0 Å². The molecule has 0 unspecified atom stereocenters. The topological polar surface area (TPSA) is 49.4 Å². The summed E-state index contributed by atoms with van der Waals surface area (Å²) in [7, 11) is 0. The van der Waals surface area contributed by atoms with Gasteiger partial charge in [-0.1, -0.05) is 31.4 Å². The van der Waals surface area contributed by atoms with E-state index in [4.69, 9.17) is 0 Å². The van der Waals surface area contributed by atoms with Crippen LogP contribution in [0, 0.1) is 0 Å². The molecule has 1 saturated heterocycles. The molecule has 0 radical (unpaired) electrons. The maximum atomic E-state index is 13.0. The molecule has 1 aliphatic heterocycles. The van der Waals surface area contributed by atoms with Crippen LogP contribution in [0.5, 0.6) is 0 Å². The molecule has 2 rings (SSSR count). The number of hydrogen-bond acceptors (Lipinski definition) is 3. The van der Waals surface area contributed by atoms with E-state index in [0.29, 0.717) is 12.0 Å². The van der Waals surface area contributed by atoms with Crippen molar-refractivity contribution in [3.05, 3.63) is 34.3 Å². The van der Waals surface area contributed by atoms with Gasteiger partial charge in [-0.25, -0.2) is 0 Å². The van der Waals surface area contributed by atoms with Gasteiger partial charge in [0.15, 0.2) is 0 Å². The van der Waals surface area contributed by atoms with Crippen molar-refractivity contribution in [3.8, 4) is 0 Å². The van der Waals surface area contributed by atoms with Crippen LogP contribution >= 0.6 is 27.7 Å². The molecule has 4 nitrogen and oxygen atoms in total. The Morgan fingerprint density at radius 2 is 1.80 bits per heavy atom. The predicted octanol–water partition coefficient (Wildman–Crippen LogP) is 4.09. The molecule has 0 saturated carbocycles. The highest BCUT2D eigenvalue weighted by molar-refractivity contribution is 9.10. The minimum atomic E-state index is -0.452. The first-order valence-corrected chi connectivity index (χ1v) is 11.2. The van der Waals surface area contributed by atoms with Crippen LogP contribution in [0.1, 0.15) is 48.9 Å². The van der Waals surface area contributed by atoms with Crippen LogP contribution in [0.3, 0.4) is 0 Å². The fourth-order valence-corrected chi connectivity index (χ4v) is 4.00. The van der Waals surface area contributed by atoms with E-state index in [-0.39, 0.29) is 11.8 Å². The molecule has 0 aromatic heterocycles. The van der Waals surface area contributed by atoms with Crippen molar-refractivity contribution in [2.45, 2.75) is 44.6 Å². The first-order chi connectivity index (χ1) is 12.1. The fourth-order valence-electron chi connectivity index (χ4n) is 3.06. The standard InChI is InChI=1S/C19H27BrN2O2S/c1-25-14-11-17(19(24)22-12-7-3-2-4-8-13-22)21-18(23)15-9-5-6-10-16(15)20/h5-6,9-10,17H,2-4,7-8,11-14H2,1H3,(H,21,23)/t17-/m0/s1. The van der Waals surface area contributed by atoms with Crippen LogP contribution in [0.25, 0.3) is 0 Å². The lowest BCUT2D eigenvalue weighted by molar-refractivity contribution is -0.133. The van der Waals surface area contributed by atoms with E-state index in [9.17, 15) is 9.59 Å². The molecule has 1 fully saturated rings. The Bertz CT molecular complexity index is 574. The predicted molar refractivity (Wildman–Crippen MR) is 108 cm³/mol. The second kappa shape index (κ2) is 10.9. The van der Waals surface area contributed by atoms with Crippen molar-refractivity contribution in [3.63, 3.8) is 0 Å². The molecule has 25 heavy (non-hydrogen) atoms. The summed E-state index contributed by atoms with van der Waals surface area (Å²) in [6, 6.07) is 6.86. The first-order valence-electron chi connectivity index (χ1n) is 8.96. The van der Waals surface area contributed by atoms with Crippen LogP contribution < -0.4 is 5.32 Å². The number of nitrogens with one attached hydrogen (secondary N) is 1. The fraction of sp³-hybridized carbons (Fsp3) is 0.579. The number of carbonyl (C=O) groups is 2. The summed E-state index contributed by atoms with van der Waals surface area (Å²) in [4.78, 5) is 27.6. The van der Waals surface area contributed by atoms with Gasteiger partial charge in [-0.05, 0) is 59.3 Å². The zero-order valence-corrected chi connectivity index (χ0v) is 17.2. The minimum Gasteiger partial charge on any atom is -0.341 e. The third-order valence-electron chi connectivity index (χ3n) is 4.50. The van der Waals surface area contributed by atoms with E-state index in [0.717, 1.165) is 36.2 Å². The summed E-state index contributed by atoms with van der Waals surface area (Å²) in [5.74, 6) is 0.718. The lowest BCUT2D eigenvalue weighted by Crippen LogP contribution is -2.49. The average molecular weight is 427 g/mol. The second-order valence-electron chi connectivity index (χ2n) is 6.38. The van der Waals surface area contributed by atoms with Crippen LogP contribution in [0.4, 0.5) is 0 Å². The van der Waals surface area contributed by atoms with E-state index in [1.54, 1.807) is 17.8 Å². The van der Waals surface area contributed by atoms with Crippen molar-refractivity contribution < 1.29 is 9.59 Å². The Kier molecular flexibility index (Phi) is 8.82. The molecule has 1 N–H and O–H groups in total. The largest absolute Gasteiger partial charge is 0.341 e. The minimum absolute atomic E-state index is 0.0661. The molecular formula is C19H27BrN2O2S. The van der Waals surface area contributed by atoms with Gasteiger partial charge in [-0.15, -0.1) is 0 Å². The van der Waals surface area contributed by atoms with Crippen molar-refractivity contribution in [1.29, 1.82) is 0 Å². The third-order valence-corrected chi connectivity index (χ3v) is 5.84. The van der Waals surface area contributed by atoms with Crippen molar-refractivity contribution >= 4 is 39.5 Å². The Morgan fingerprint density at radius 1 is 1.16 bits per heavy atom. The van der Waals surface area contributed by atoms with E-state index >= 15 is 0 Å². The number of carbonyl (C=O) groups excluding carboxylic acids is 2. The van der Waals surface area contributed by atoms with Gasteiger partial charge in [0.1, 0.15) is 6.04 Å².